The van der Waals surface area contributed by atoms with Crippen LogP contribution < -0.4 is 4.74 Å². The standard InChI is InChI=1S/C11H3F5N2O2/c12-5-6(13)8(15)10(9(16)7(5)14)20-11(19)4-1-2-17-18-3-4/h1-3H. The first kappa shape index (κ1) is 13.8. The van der Waals surface area contributed by atoms with Gasteiger partial charge in [-0.1, -0.05) is 0 Å². The van der Waals surface area contributed by atoms with E-state index in [1.54, 1.807) is 0 Å². The molecular weight excluding hydrogens is 287 g/mol. The summed E-state index contributed by atoms with van der Waals surface area (Å²) in [6.07, 6.45) is 1.98. The minimum Gasteiger partial charge on any atom is -0.416 e. The second kappa shape index (κ2) is 5.19. The predicted octanol–water partition coefficient (Wildman–Crippen LogP) is 2.39. The summed E-state index contributed by atoms with van der Waals surface area (Å²) in [6, 6.07) is 1.08. The SMILES string of the molecule is O=C(Oc1c(F)c(F)c(F)c(F)c1F)c1ccnnc1. The van der Waals surface area contributed by atoms with Gasteiger partial charge in [0, 0.05) is 0 Å². The Kier molecular flexibility index (Phi) is 3.59. The van der Waals surface area contributed by atoms with Gasteiger partial charge in [-0.15, -0.1) is 0 Å². The molecule has 0 aliphatic rings. The van der Waals surface area contributed by atoms with Crippen molar-refractivity contribution in [1.82, 2.24) is 10.2 Å². The van der Waals surface area contributed by atoms with Gasteiger partial charge >= 0.3 is 5.97 Å². The molecule has 1 heterocycles. The molecular formula is C11H3F5N2O2. The molecule has 104 valence electrons. The number of halogens is 5. The third kappa shape index (κ3) is 2.29. The molecule has 0 aliphatic heterocycles. The van der Waals surface area contributed by atoms with Crippen LogP contribution in [0.2, 0.25) is 0 Å². The van der Waals surface area contributed by atoms with E-state index in [2.05, 4.69) is 14.9 Å². The zero-order valence-corrected chi connectivity index (χ0v) is 9.33. The smallest absolute Gasteiger partial charge is 0.345 e. The summed E-state index contributed by atoms with van der Waals surface area (Å²) >= 11 is 0. The van der Waals surface area contributed by atoms with Crippen LogP contribution >= 0.6 is 0 Å². The van der Waals surface area contributed by atoms with E-state index in [1.165, 1.54) is 0 Å². The van der Waals surface area contributed by atoms with Gasteiger partial charge < -0.3 is 4.74 Å². The molecule has 1 aromatic carbocycles. The summed E-state index contributed by atoms with van der Waals surface area (Å²) in [5.74, 6) is -14.3. The molecule has 0 bridgehead atoms. The lowest BCUT2D eigenvalue weighted by atomic mass is 10.2. The number of hydrogen-bond acceptors (Lipinski definition) is 4. The van der Waals surface area contributed by atoms with Crippen molar-refractivity contribution in [2.75, 3.05) is 0 Å². The fourth-order valence-electron chi connectivity index (χ4n) is 1.24. The van der Waals surface area contributed by atoms with Crippen LogP contribution in [0.3, 0.4) is 0 Å². The van der Waals surface area contributed by atoms with Crippen molar-refractivity contribution in [3.8, 4) is 5.75 Å². The zero-order valence-electron chi connectivity index (χ0n) is 9.33. The maximum atomic E-state index is 13.3. The summed E-state index contributed by atoms with van der Waals surface area (Å²) < 4.78 is 69.2. The molecule has 9 heteroatoms. The fraction of sp³-hybridized carbons (Fsp3) is 0. The Morgan fingerprint density at radius 3 is 1.95 bits per heavy atom. The van der Waals surface area contributed by atoms with Crippen molar-refractivity contribution in [3.63, 3.8) is 0 Å². The molecule has 0 fully saturated rings. The Balaban J connectivity index is 2.43. The number of benzene rings is 1. The highest BCUT2D eigenvalue weighted by atomic mass is 19.2. The third-order valence-electron chi connectivity index (χ3n) is 2.18. The summed E-state index contributed by atoms with van der Waals surface area (Å²) in [5, 5.41) is 6.63. The van der Waals surface area contributed by atoms with Gasteiger partial charge in [0.25, 0.3) is 0 Å². The molecule has 20 heavy (non-hydrogen) atoms. The van der Waals surface area contributed by atoms with E-state index in [4.69, 9.17) is 0 Å². The van der Waals surface area contributed by atoms with Crippen molar-refractivity contribution < 1.29 is 31.5 Å². The van der Waals surface area contributed by atoms with Crippen LogP contribution in [0.25, 0.3) is 0 Å². The van der Waals surface area contributed by atoms with Gasteiger partial charge in [0.15, 0.2) is 0 Å². The second-order valence-electron chi connectivity index (χ2n) is 3.42. The van der Waals surface area contributed by atoms with Crippen LogP contribution in [0.4, 0.5) is 22.0 Å². The van der Waals surface area contributed by atoms with Gasteiger partial charge in [0.2, 0.25) is 34.8 Å². The topological polar surface area (TPSA) is 52.1 Å². The highest BCUT2D eigenvalue weighted by Crippen LogP contribution is 2.29. The Morgan fingerprint density at radius 1 is 0.900 bits per heavy atom. The van der Waals surface area contributed by atoms with E-state index in [9.17, 15) is 26.7 Å². The fourth-order valence-corrected chi connectivity index (χ4v) is 1.24. The molecule has 4 nitrogen and oxygen atoms in total. The number of ether oxygens (including phenoxy) is 1. The van der Waals surface area contributed by atoms with E-state index < -0.39 is 40.8 Å². The van der Waals surface area contributed by atoms with Crippen molar-refractivity contribution >= 4 is 5.97 Å². The summed E-state index contributed by atoms with van der Waals surface area (Å²) in [7, 11) is 0. The molecule has 0 N–H and O–H groups in total. The average molecular weight is 290 g/mol. The first-order chi connectivity index (χ1) is 9.43. The summed E-state index contributed by atoms with van der Waals surface area (Å²) in [6.45, 7) is 0. The largest absolute Gasteiger partial charge is 0.416 e. The van der Waals surface area contributed by atoms with Crippen LogP contribution in [-0.2, 0) is 0 Å². The second-order valence-corrected chi connectivity index (χ2v) is 3.42. The van der Waals surface area contributed by atoms with Crippen LogP contribution in [0.1, 0.15) is 10.4 Å². The van der Waals surface area contributed by atoms with E-state index in [1.807, 2.05) is 0 Å². The van der Waals surface area contributed by atoms with E-state index in [0.29, 0.717) is 0 Å². The zero-order chi connectivity index (χ0) is 14.9. The number of carbonyl (C=O) groups excluding carboxylic acids is 1. The number of esters is 1. The summed E-state index contributed by atoms with van der Waals surface area (Å²) in [4.78, 5) is 11.5. The van der Waals surface area contributed by atoms with Crippen LogP contribution in [-0.4, -0.2) is 16.2 Å². The summed E-state index contributed by atoms with van der Waals surface area (Å²) in [5.41, 5.74) is -0.274. The minimum absolute atomic E-state index is 0.274. The molecule has 0 atom stereocenters. The van der Waals surface area contributed by atoms with Crippen molar-refractivity contribution in [2.45, 2.75) is 0 Å². The number of rotatable bonds is 2. The number of hydrogen-bond donors (Lipinski definition) is 0. The van der Waals surface area contributed by atoms with E-state index in [-0.39, 0.29) is 5.56 Å². The lowest BCUT2D eigenvalue weighted by Crippen LogP contribution is -2.14. The van der Waals surface area contributed by atoms with Crippen LogP contribution in [0, 0.1) is 29.1 Å². The molecule has 0 unspecified atom stereocenters. The highest BCUT2D eigenvalue weighted by Gasteiger charge is 2.28. The minimum atomic E-state index is -2.34. The van der Waals surface area contributed by atoms with Crippen LogP contribution in [0.5, 0.6) is 5.75 Å². The quantitative estimate of drug-likeness (QED) is 0.280. The number of nitrogens with zero attached hydrogens (tertiary/aromatic N) is 2. The maximum absolute atomic E-state index is 13.3. The molecule has 0 amide bonds. The Morgan fingerprint density at radius 2 is 1.45 bits per heavy atom. The van der Waals surface area contributed by atoms with Gasteiger partial charge in [0.05, 0.1) is 18.0 Å². The number of carbonyl (C=O) groups is 1. The monoisotopic (exact) mass is 290 g/mol. The van der Waals surface area contributed by atoms with Gasteiger partial charge in [0.1, 0.15) is 0 Å². The predicted molar refractivity (Wildman–Crippen MR) is 53.2 cm³/mol. The molecule has 0 radical (unpaired) electrons. The lowest BCUT2D eigenvalue weighted by Gasteiger charge is -2.08. The highest BCUT2D eigenvalue weighted by molar-refractivity contribution is 5.90. The van der Waals surface area contributed by atoms with E-state index in [0.717, 1.165) is 18.5 Å². The lowest BCUT2D eigenvalue weighted by molar-refractivity contribution is 0.0715. The third-order valence-corrected chi connectivity index (χ3v) is 2.18. The molecule has 0 saturated heterocycles. The Bertz CT molecular complexity index is 649. The van der Waals surface area contributed by atoms with Gasteiger partial charge in [-0.05, 0) is 6.07 Å². The maximum Gasteiger partial charge on any atom is 0.345 e. The van der Waals surface area contributed by atoms with Crippen molar-refractivity contribution in [2.24, 2.45) is 0 Å². The van der Waals surface area contributed by atoms with E-state index >= 15 is 0 Å². The number of aromatic nitrogens is 2. The van der Waals surface area contributed by atoms with Gasteiger partial charge in [-0.2, -0.15) is 19.0 Å². The van der Waals surface area contributed by atoms with Gasteiger partial charge in [-0.25, -0.2) is 18.0 Å². The van der Waals surface area contributed by atoms with Gasteiger partial charge in [-0.3, -0.25) is 0 Å². The molecule has 0 spiro atoms. The molecule has 2 rings (SSSR count). The normalized spacial score (nSPS) is 10.4. The molecule has 0 saturated carbocycles. The Labute approximate surface area is 107 Å². The molecule has 1 aromatic heterocycles. The van der Waals surface area contributed by atoms with Crippen molar-refractivity contribution in [1.29, 1.82) is 0 Å². The van der Waals surface area contributed by atoms with Crippen molar-refractivity contribution in [3.05, 3.63) is 53.1 Å². The Hall–Kier alpha value is -2.58. The average Bonchev–Trinajstić information content (AvgIpc) is 2.48. The first-order valence-corrected chi connectivity index (χ1v) is 4.93. The van der Waals surface area contributed by atoms with Crippen LogP contribution in [0.15, 0.2) is 18.5 Å². The molecule has 0 aliphatic carbocycles. The molecule has 2 aromatic rings. The first-order valence-electron chi connectivity index (χ1n) is 4.93.